The van der Waals surface area contributed by atoms with Gasteiger partial charge < -0.3 is 34.3 Å². The van der Waals surface area contributed by atoms with Crippen molar-refractivity contribution in [1.29, 1.82) is 5.26 Å². The van der Waals surface area contributed by atoms with Gasteiger partial charge in [0.15, 0.2) is 11.9 Å². The standard InChI is InChI=1S/C29H44N7O10P/c1-15(2)25(37)45-23-21(46-29(13-30,28(23,9)40)22-11-10-20-24(31)32-14-33-36(20)22)12-42-47(41,34-18(7)26(38)43-16(3)4)35-19(8)27(39)44-17(5)6/h10-11,14-19,21,23,40H,12H2,1-9H3,(H2,31,32,33)(H2,34,35,41)/t18-,19-,21-,23-,28-,29+/m1/s1. The number of hydrogen-bond donors (Lipinski definition) is 4. The van der Waals surface area contributed by atoms with E-state index in [9.17, 15) is 29.3 Å². The Morgan fingerprint density at radius 3 is 2.11 bits per heavy atom. The number of carbonyl (C=O) groups is 3. The maximum Gasteiger partial charge on any atom is 0.342 e. The normalized spacial score (nSPS) is 24.3. The van der Waals surface area contributed by atoms with Gasteiger partial charge in [-0.1, -0.05) is 13.8 Å². The van der Waals surface area contributed by atoms with E-state index in [0.717, 1.165) is 6.33 Å². The second-order valence-corrected chi connectivity index (χ2v) is 14.2. The van der Waals surface area contributed by atoms with Crippen LogP contribution in [0.5, 0.6) is 0 Å². The summed E-state index contributed by atoms with van der Waals surface area (Å²) in [6, 6.07) is 2.61. The van der Waals surface area contributed by atoms with Crippen LogP contribution in [0.4, 0.5) is 5.82 Å². The molecule has 0 aliphatic carbocycles. The van der Waals surface area contributed by atoms with Crippen LogP contribution >= 0.6 is 7.67 Å². The number of ether oxygens (including phenoxy) is 4. The average Bonchev–Trinajstić information content (AvgIpc) is 3.49. The lowest BCUT2D eigenvalue weighted by molar-refractivity contribution is -0.168. The molecule has 0 spiro atoms. The second kappa shape index (κ2) is 14.6. The van der Waals surface area contributed by atoms with E-state index >= 15 is 0 Å². The molecule has 2 aromatic heterocycles. The SMILES string of the molecule is CC(C)OC(=O)[C@@H](C)NP(=O)(N[C@H](C)C(=O)OC(C)C)OC[C@H]1O[C@@](C#N)(c2ccc3c(N)ncnn23)[C@](C)(O)[C@@H]1OC(=O)C(C)C. The van der Waals surface area contributed by atoms with Crippen molar-refractivity contribution in [1.82, 2.24) is 24.8 Å². The van der Waals surface area contributed by atoms with Crippen molar-refractivity contribution in [2.24, 2.45) is 5.92 Å². The molecule has 6 atom stereocenters. The Bertz CT molecular complexity index is 1520. The van der Waals surface area contributed by atoms with E-state index in [0.29, 0.717) is 5.52 Å². The third kappa shape index (κ3) is 8.08. The fourth-order valence-corrected chi connectivity index (χ4v) is 6.66. The van der Waals surface area contributed by atoms with Gasteiger partial charge in [-0.3, -0.25) is 18.9 Å². The van der Waals surface area contributed by atoms with Crippen molar-refractivity contribution in [3.8, 4) is 6.07 Å². The second-order valence-electron chi connectivity index (χ2n) is 12.3. The summed E-state index contributed by atoms with van der Waals surface area (Å²) < 4.78 is 43.7. The molecule has 47 heavy (non-hydrogen) atoms. The fraction of sp³-hybridized carbons (Fsp3) is 0.655. The molecule has 17 nitrogen and oxygen atoms in total. The van der Waals surface area contributed by atoms with E-state index in [4.69, 9.17) is 29.2 Å². The molecule has 18 heteroatoms. The first-order chi connectivity index (χ1) is 21.8. The monoisotopic (exact) mass is 681 g/mol. The highest BCUT2D eigenvalue weighted by Crippen LogP contribution is 2.50. The topological polar surface area (TPSA) is 239 Å². The largest absolute Gasteiger partial charge is 0.462 e. The predicted molar refractivity (Wildman–Crippen MR) is 166 cm³/mol. The summed E-state index contributed by atoms with van der Waals surface area (Å²) >= 11 is 0. The van der Waals surface area contributed by atoms with Crippen molar-refractivity contribution in [2.45, 2.75) is 110 Å². The lowest BCUT2D eigenvalue weighted by Gasteiger charge is -2.34. The number of nitrogens with zero attached hydrogens (tertiary/aromatic N) is 4. The van der Waals surface area contributed by atoms with E-state index < -0.39 is 85.8 Å². The Balaban J connectivity index is 2.04. The molecule has 2 aromatic rings. The average molecular weight is 682 g/mol. The summed E-state index contributed by atoms with van der Waals surface area (Å²) in [6.07, 6.45) is -2.78. The molecular weight excluding hydrogens is 637 g/mol. The summed E-state index contributed by atoms with van der Waals surface area (Å²) in [5.41, 5.74) is 1.86. The quantitative estimate of drug-likeness (QED) is 0.126. The minimum Gasteiger partial charge on any atom is -0.462 e. The summed E-state index contributed by atoms with van der Waals surface area (Å²) in [4.78, 5) is 42.0. The zero-order chi connectivity index (χ0) is 35.5. The maximum absolute atomic E-state index is 14.3. The van der Waals surface area contributed by atoms with Gasteiger partial charge in [0.1, 0.15) is 41.7 Å². The van der Waals surface area contributed by atoms with Gasteiger partial charge in [-0.25, -0.2) is 19.7 Å². The molecular formula is C29H44N7O10P. The molecule has 1 aliphatic rings. The van der Waals surface area contributed by atoms with Gasteiger partial charge in [0.2, 0.25) is 5.60 Å². The Morgan fingerprint density at radius 2 is 1.62 bits per heavy atom. The first-order valence-electron chi connectivity index (χ1n) is 15.1. The Kier molecular flexibility index (Phi) is 11.8. The highest BCUT2D eigenvalue weighted by molar-refractivity contribution is 7.54. The molecule has 1 aliphatic heterocycles. The molecule has 1 saturated heterocycles. The maximum atomic E-state index is 14.3. The van der Waals surface area contributed by atoms with Gasteiger partial charge >= 0.3 is 25.6 Å². The molecule has 0 unspecified atom stereocenters. The number of nitrogens with one attached hydrogen (secondary N) is 2. The first-order valence-corrected chi connectivity index (χ1v) is 16.7. The molecule has 0 saturated carbocycles. The van der Waals surface area contributed by atoms with Crippen LogP contribution in [0.25, 0.3) is 5.52 Å². The Hall–Kier alpha value is -3.65. The van der Waals surface area contributed by atoms with E-state index in [1.807, 2.05) is 6.07 Å². The van der Waals surface area contributed by atoms with Crippen molar-refractivity contribution in [2.75, 3.05) is 12.3 Å². The zero-order valence-electron chi connectivity index (χ0n) is 27.9. The number of esters is 3. The zero-order valence-corrected chi connectivity index (χ0v) is 28.8. The summed E-state index contributed by atoms with van der Waals surface area (Å²) in [5.74, 6) is -2.78. The molecule has 3 rings (SSSR count). The number of aromatic nitrogens is 3. The first kappa shape index (κ1) is 37.8. The van der Waals surface area contributed by atoms with Crippen LogP contribution < -0.4 is 15.9 Å². The van der Waals surface area contributed by atoms with Gasteiger partial charge in [-0.15, -0.1) is 0 Å². The van der Waals surface area contributed by atoms with Crippen LogP contribution in [-0.4, -0.2) is 86.3 Å². The molecule has 0 amide bonds. The fourth-order valence-electron chi connectivity index (χ4n) is 4.85. The highest BCUT2D eigenvalue weighted by Gasteiger charge is 2.67. The highest BCUT2D eigenvalue weighted by atomic mass is 31.2. The van der Waals surface area contributed by atoms with Crippen LogP contribution in [0.3, 0.4) is 0 Å². The number of nitrogen functional groups attached to an aromatic ring is 1. The van der Waals surface area contributed by atoms with Gasteiger partial charge in [0, 0.05) is 0 Å². The molecule has 3 heterocycles. The minimum absolute atomic E-state index is 0.0386. The minimum atomic E-state index is -4.39. The molecule has 1 fully saturated rings. The van der Waals surface area contributed by atoms with Crippen molar-refractivity contribution >= 4 is 36.9 Å². The summed E-state index contributed by atoms with van der Waals surface area (Å²) in [7, 11) is -4.39. The third-order valence-electron chi connectivity index (χ3n) is 7.21. The van der Waals surface area contributed by atoms with Crippen LogP contribution in [0.2, 0.25) is 0 Å². The predicted octanol–water partition coefficient (Wildman–Crippen LogP) is 1.73. The lowest BCUT2D eigenvalue weighted by atomic mass is 9.80. The van der Waals surface area contributed by atoms with Crippen molar-refractivity contribution in [3.05, 3.63) is 24.2 Å². The van der Waals surface area contributed by atoms with E-state index in [1.54, 1.807) is 41.5 Å². The molecule has 0 aromatic carbocycles. The number of anilines is 1. The molecule has 0 radical (unpaired) electrons. The number of aliphatic hydroxyl groups is 1. The van der Waals surface area contributed by atoms with Crippen LogP contribution in [-0.2, 0) is 48.0 Å². The Labute approximate surface area is 273 Å². The van der Waals surface area contributed by atoms with Crippen molar-refractivity contribution < 1.29 is 47.5 Å². The smallest absolute Gasteiger partial charge is 0.342 e. The number of nitrogens with two attached hydrogens (primary N) is 1. The van der Waals surface area contributed by atoms with Gasteiger partial charge in [0.05, 0.1) is 30.4 Å². The third-order valence-corrected chi connectivity index (χ3v) is 9.17. The molecule has 5 N–H and O–H groups in total. The van der Waals surface area contributed by atoms with Crippen LogP contribution in [0.1, 0.15) is 68.0 Å². The van der Waals surface area contributed by atoms with Crippen molar-refractivity contribution in [3.63, 3.8) is 0 Å². The number of rotatable bonds is 14. The van der Waals surface area contributed by atoms with E-state index in [1.165, 1.54) is 37.4 Å². The van der Waals surface area contributed by atoms with E-state index in [2.05, 4.69) is 20.3 Å². The summed E-state index contributed by atoms with van der Waals surface area (Å²) in [6.45, 7) is 13.1. The molecule has 260 valence electrons. The van der Waals surface area contributed by atoms with E-state index in [-0.39, 0.29) is 11.5 Å². The Morgan fingerprint density at radius 1 is 1.06 bits per heavy atom. The number of fused-ring (bicyclic) bond motifs is 1. The van der Waals surface area contributed by atoms with Gasteiger partial charge in [-0.2, -0.15) is 10.4 Å². The molecule has 0 bridgehead atoms. The van der Waals surface area contributed by atoms with Gasteiger partial charge in [0.25, 0.3) is 0 Å². The number of nitriles is 1. The van der Waals surface area contributed by atoms with Crippen LogP contribution in [0.15, 0.2) is 18.5 Å². The van der Waals surface area contributed by atoms with Crippen LogP contribution in [0, 0.1) is 17.2 Å². The number of carbonyl (C=O) groups excluding carboxylic acids is 3. The lowest BCUT2D eigenvalue weighted by Crippen LogP contribution is -2.54. The van der Waals surface area contributed by atoms with Gasteiger partial charge in [-0.05, 0) is 60.6 Å². The summed E-state index contributed by atoms with van der Waals surface area (Å²) in [5, 5.41) is 31.9. The number of hydrogen-bond acceptors (Lipinski definition) is 14.